The zero-order chi connectivity index (χ0) is 13.8. The fraction of sp³-hybridized carbons (Fsp3) is 0.786. The van der Waals surface area contributed by atoms with Crippen molar-refractivity contribution in [2.75, 3.05) is 13.1 Å². The molecular weight excluding hydrogens is 290 g/mol. The molecule has 18 heavy (non-hydrogen) atoms. The monoisotopic (exact) mass is 315 g/mol. The highest BCUT2D eigenvalue weighted by Gasteiger charge is 2.26. The molecule has 0 aromatic carbocycles. The topological polar surface area (TPSA) is 29.9 Å². The van der Waals surface area contributed by atoms with Gasteiger partial charge in [0.05, 0.1) is 15.9 Å². The molecular formula is C14H26BrN3. The van der Waals surface area contributed by atoms with Gasteiger partial charge in [0.2, 0.25) is 0 Å². The minimum atomic E-state index is 0.299. The van der Waals surface area contributed by atoms with E-state index in [9.17, 15) is 0 Å². The molecule has 1 aromatic rings. The van der Waals surface area contributed by atoms with Crippen molar-refractivity contribution < 1.29 is 0 Å². The highest BCUT2D eigenvalue weighted by molar-refractivity contribution is 9.10. The molecule has 1 rings (SSSR count). The number of hydrogen-bond donors (Lipinski definition) is 1. The lowest BCUT2D eigenvalue weighted by atomic mass is 9.81. The summed E-state index contributed by atoms with van der Waals surface area (Å²) in [5.41, 5.74) is 2.68. The van der Waals surface area contributed by atoms with Crippen LogP contribution in [0.15, 0.2) is 4.47 Å². The van der Waals surface area contributed by atoms with E-state index in [2.05, 4.69) is 54.0 Å². The van der Waals surface area contributed by atoms with Crippen LogP contribution in [0.25, 0.3) is 0 Å². The molecule has 1 aromatic heterocycles. The molecule has 1 N–H and O–H groups in total. The Morgan fingerprint density at radius 3 is 2.50 bits per heavy atom. The smallest absolute Gasteiger partial charge is 0.0738 e. The second-order valence-corrected chi connectivity index (χ2v) is 6.28. The summed E-state index contributed by atoms with van der Waals surface area (Å²) in [4.78, 5) is 0. The van der Waals surface area contributed by atoms with Gasteiger partial charge in [0, 0.05) is 13.6 Å². The summed E-state index contributed by atoms with van der Waals surface area (Å²) in [5.74, 6) is 0. The number of hydrogen-bond acceptors (Lipinski definition) is 2. The van der Waals surface area contributed by atoms with Gasteiger partial charge in [-0.3, -0.25) is 4.68 Å². The van der Waals surface area contributed by atoms with Gasteiger partial charge in [-0.1, -0.05) is 27.2 Å². The van der Waals surface area contributed by atoms with Crippen LogP contribution in [0.1, 0.15) is 45.0 Å². The first-order chi connectivity index (χ1) is 8.43. The Bertz CT molecular complexity index is 387. The van der Waals surface area contributed by atoms with Crippen LogP contribution in [0.4, 0.5) is 0 Å². The molecule has 3 nitrogen and oxygen atoms in total. The van der Waals surface area contributed by atoms with Crippen molar-refractivity contribution in [1.82, 2.24) is 15.1 Å². The highest BCUT2D eigenvalue weighted by Crippen LogP contribution is 2.31. The number of nitrogens with zero attached hydrogens (tertiary/aromatic N) is 2. The molecule has 0 aliphatic rings. The van der Waals surface area contributed by atoms with Crippen molar-refractivity contribution in [2.24, 2.45) is 12.5 Å². The fourth-order valence-corrected chi connectivity index (χ4v) is 3.02. The van der Waals surface area contributed by atoms with Crippen molar-refractivity contribution in [1.29, 1.82) is 0 Å². The van der Waals surface area contributed by atoms with Crippen LogP contribution < -0.4 is 5.32 Å². The zero-order valence-corrected chi connectivity index (χ0v) is 13.9. The summed E-state index contributed by atoms with van der Waals surface area (Å²) < 4.78 is 3.18. The van der Waals surface area contributed by atoms with Crippen LogP contribution >= 0.6 is 15.9 Å². The van der Waals surface area contributed by atoms with Gasteiger partial charge in [-0.2, -0.15) is 5.10 Å². The molecule has 1 unspecified atom stereocenters. The van der Waals surface area contributed by atoms with Crippen molar-refractivity contribution in [3.63, 3.8) is 0 Å². The Balaban J connectivity index is 2.88. The second kappa shape index (κ2) is 6.71. The van der Waals surface area contributed by atoms with Crippen LogP contribution in [-0.2, 0) is 13.5 Å². The average molecular weight is 316 g/mol. The van der Waals surface area contributed by atoms with Gasteiger partial charge in [-0.15, -0.1) is 0 Å². The molecule has 0 spiro atoms. The van der Waals surface area contributed by atoms with E-state index in [4.69, 9.17) is 0 Å². The number of nitrogens with one attached hydrogen (secondary N) is 1. The van der Waals surface area contributed by atoms with Gasteiger partial charge in [0.1, 0.15) is 0 Å². The summed E-state index contributed by atoms with van der Waals surface area (Å²) in [6.07, 6.45) is 3.51. The van der Waals surface area contributed by atoms with Gasteiger partial charge in [-0.05, 0) is 47.7 Å². The maximum absolute atomic E-state index is 4.48. The molecule has 0 aliphatic carbocycles. The summed E-state index contributed by atoms with van der Waals surface area (Å²) in [5, 5.41) is 7.98. The summed E-state index contributed by atoms with van der Waals surface area (Å²) >= 11 is 3.67. The molecule has 0 bridgehead atoms. The SMILES string of the molecule is CCCC(C)(CNCC)Cc1c(Br)c(C)nn1C. The van der Waals surface area contributed by atoms with Gasteiger partial charge < -0.3 is 5.32 Å². The summed E-state index contributed by atoms with van der Waals surface area (Å²) in [7, 11) is 2.03. The lowest BCUT2D eigenvalue weighted by Gasteiger charge is -2.30. The normalized spacial score (nSPS) is 14.8. The maximum atomic E-state index is 4.48. The minimum absolute atomic E-state index is 0.299. The highest BCUT2D eigenvalue weighted by atomic mass is 79.9. The Morgan fingerprint density at radius 2 is 2.06 bits per heavy atom. The predicted octanol–water partition coefficient (Wildman–Crippen LogP) is 3.45. The molecule has 1 heterocycles. The third-order valence-electron chi connectivity index (χ3n) is 3.51. The van der Waals surface area contributed by atoms with Gasteiger partial charge in [0.25, 0.3) is 0 Å². The van der Waals surface area contributed by atoms with E-state index in [1.165, 1.54) is 23.0 Å². The fourth-order valence-electron chi connectivity index (χ4n) is 2.55. The largest absolute Gasteiger partial charge is 0.316 e. The molecule has 0 saturated heterocycles. The molecule has 0 radical (unpaired) electrons. The molecule has 0 amide bonds. The average Bonchev–Trinajstić information content (AvgIpc) is 2.54. The predicted molar refractivity (Wildman–Crippen MR) is 80.9 cm³/mol. The molecule has 4 heteroatoms. The molecule has 0 fully saturated rings. The van der Waals surface area contributed by atoms with E-state index in [1.54, 1.807) is 0 Å². The quantitative estimate of drug-likeness (QED) is 0.835. The Morgan fingerprint density at radius 1 is 1.39 bits per heavy atom. The van der Waals surface area contributed by atoms with E-state index in [0.717, 1.165) is 25.2 Å². The van der Waals surface area contributed by atoms with Crippen molar-refractivity contribution in [3.05, 3.63) is 15.9 Å². The van der Waals surface area contributed by atoms with Crippen LogP contribution in [0.2, 0.25) is 0 Å². The standard InChI is InChI=1S/C14H26BrN3/c1-6-8-14(4,10-16-7-2)9-12-13(15)11(3)17-18(12)5/h16H,6-10H2,1-5H3. The van der Waals surface area contributed by atoms with E-state index in [0.29, 0.717) is 5.41 Å². The molecule has 1 atom stereocenters. The minimum Gasteiger partial charge on any atom is -0.316 e. The first kappa shape index (κ1) is 15.7. The van der Waals surface area contributed by atoms with Crippen molar-refractivity contribution in [2.45, 2.75) is 47.0 Å². The van der Waals surface area contributed by atoms with E-state index in [-0.39, 0.29) is 0 Å². The van der Waals surface area contributed by atoms with Gasteiger partial charge in [0.15, 0.2) is 0 Å². The second-order valence-electron chi connectivity index (χ2n) is 5.49. The van der Waals surface area contributed by atoms with Crippen molar-refractivity contribution >= 4 is 15.9 Å². The number of aromatic nitrogens is 2. The summed E-state index contributed by atoms with van der Waals surface area (Å²) in [6, 6.07) is 0. The van der Waals surface area contributed by atoms with E-state index < -0.39 is 0 Å². The first-order valence-corrected chi connectivity index (χ1v) is 7.61. The Labute approximate surface area is 119 Å². The van der Waals surface area contributed by atoms with Crippen molar-refractivity contribution in [3.8, 4) is 0 Å². The maximum Gasteiger partial charge on any atom is 0.0738 e. The number of halogens is 1. The van der Waals surface area contributed by atoms with Gasteiger partial charge >= 0.3 is 0 Å². The van der Waals surface area contributed by atoms with Crippen LogP contribution in [0.3, 0.4) is 0 Å². The number of rotatable bonds is 7. The third-order valence-corrected chi connectivity index (χ3v) is 4.54. The molecule has 104 valence electrons. The lowest BCUT2D eigenvalue weighted by molar-refractivity contribution is 0.271. The first-order valence-electron chi connectivity index (χ1n) is 6.82. The third kappa shape index (κ3) is 3.82. The summed E-state index contributed by atoms with van der Waals surface area (Å²) in [6.45, 7) is 10.9. The van der Waals surface area contributed by atoms with Crippen LogP contribution in [0.5, 0.6) is 0 Å². The molecule has 0 saturated carbocycles. The van der Waals surface area contributed by atoms with Gasteiger partial charge in [-0.25, -0.2) is 0 Å². The van der Waals surface area contributed by atoms with Crippen LogP contribution in [0, 0.1) is 12.3 Å². The van der Waals surface area contributed by atoms with Crippen LogP contribution in [-0.4, -0.2) is 22.9 Å². The zero-order valence-electron chi connectivity index (χ0n) is 12.3. The van der Waals surface area contributed by atoms with E-state index in [1.807, 2.05) is 11.7 Å². The molecule has 0 aliphatic heterocycles. The Kier molecular flexibility index (Phi) is 5.86. The van der Waals surface area contributed by atoms with E-state index >= 15 is 0 Å². The Hall–Kier alpha value is -0.350. The number of aryl methyl sites for hydroxylation is 2. The lowest BCUT2D eigenvalue weighted by Crippen LogP contribution is -2.34.